The average molecular weight is 263 g/mol. The van der Waals surface area contributed by atoms with Crippen LogP contribution in [0, 0.1) is 0 Å². The molecular formula is C12H13N3O2S. The molecule has 0 amide bonds. The van der Waals surface area contributed by atoms with Crippen LogP contribution in [0.3, 0.4) is 0 Å². The molecule has 0 spiro atoms. The van der Waals surface area contributed by atoms with E-state index in [1.807, 2.05) is 23.8 Å². The number of nitrogens with zero attached hydrogens (tertiary/aromatic N) is 3. The summed E-state index contributed by atoms with van der Waals surface area (Å²) in [6.45, 7) is 3.31. The Bertz CT molecular complexity index is 575. The summed E-state index contributed by atoms with van der Waals surface area (Å²) in [5.41, 5.74) is 0.896. The molecule has 6 heteroatoms. The molecule has 1 N–H and O–H groups in total. The number of hydrogen-bond acceptors (Lipinski definition) is 4. The summed E-state index contributed by atoms with van der Waals surface area (Å²) in [6, 6.07) is 1.90. The van der Waals surface area contributed by atoms with E-state index >= 15 is 0 Å². The van der Waals surface area contributed by atoms with Crippen LogP contribution in [0.4, 0.5) is 0 Å². The number of carbonyl (C=O) groups is 1. The summed E-state index contributed by atoms with van der Waals surface area (Å²) in [7, 11) is 0. The second-order valence-electron chi connectivity index (χ2n) is 4.33. The molecule has 0 radical (unpaired) electrons. The highest BCUT2D eigenvalue weighted by atomic mass is 32.1. The largest absolute Gasteiger partial charge is 0.477 e. The molecule has 2 aromatic rings. The van der Waals surface area contributed by atoms with Gasteiger partial charge in [-0.15, -0.1) is 11.3 Å². The normalized spacial score (nSPS) is 15.6. The number of rotatable bonds is 3. The molecule has 0 bridgehead atoms. The van der Waals surface area contributed by atoms with Crippen LogP contribution in [-0.2, 0) is 19.6 Å². The predicted molar refractivity (Wildman–Crippen MR) is 67.6 cm³/mol. The van der Waals surface area contributed by atoms with E-state index in [1.54, 1.807) is 0 Å². The number of carboxylic acid groups (broad SMARTS) is 1. The van der Waals surface area contributed by atoms with Crippen molar-refractivity contribution in [2.75, 3.05) is 6.54 Å². The maximum atomic E-state index is 11.1. The fraction of sp³-hybridized carbons (Fsp3) is 0.333. The van der Waals surface area contributed by atoms with Gasteiger partial charge in [-0.2, -0.15) is 0 Å². The van der Waals surface area contributed by atoms with Crippen LogP contribution in [0.25, 0.3) is 0 Å². The van der Waals surface area contributed by atoms with Gasteiger partial charge < -0.3 is 9.67 Å². The smallest absolute Gasteiger partial charge is 0.346 e. The number of aromatic carboxylic acids is 1. The van der Waals surface area contributed by atoms with Crippen molar-refractivity contribution in [2.24, 2.45) is 0 Å². The van der Waals surface area contributed by atoms with Crippen molar-refractivity contribution >= 4 is 17.3 Å². The number of imidazole rings is 1. The zero-order chi connectivity index (χ0) is 12.5. The minimum absolute atomic E-state index is 0.448. The summed E-state index contributed by atoms with van der Waals surface area (Å²) in [4.78, 5) is 18.0. The van der Waals surface area contributed by atoms with Gasteiger partial charge in [0.1, 0.15) is 10.7 Å². The number of aromatic nitrogens is 2. The summed E-state index contributed by atoms with van der Waals surface area (Å²) < 4.78 is 2.14. The van der Waals surface area contributed by atoms with Crippen LogP contribution in [0.5, 0.6) is 0 Å². The lowest BCUT2D eigenvalue weighted by Crippen LogP contribution is -2.33. The molecule has 1 aliphatic heterocycles. The summed E-state index contributed by atoms with van der Waals surface area (Å²) >= 11 is 1.29. The Labute approximate surface area is 108 Å². The number of fused-ring (bicyclic) bond motifs is 1. The van der Waals surface area contributed by atoms with Crippen LogP contribution < -0.4 is 0 Å². The van der Waals surface area contributed by atoms with Crippen molar-refractivity contribution < 1.29 is 9.90 Å². The molecule has 2 aromatic heterocycles. The monoisotopic (exact) mass is 263 g/mol. The van der Waals surface area contributed by atoms with Crippen molar-refractivity contribution in [3.8, 4) is 0 Å². The van der Waals surface area contributed by atoms with Crippen molar-refractivity contribution in [3.63, 3.8) is 0 Å². The molecule has 0 aliphatic carbocycles. The highest BCUT2D eigenvalue weighted by molar-refractivity contribution is 7.12. The maximum absolute atomic E-state index is 11.1. The quantitative estimate of drug-likeness (QED) is 0.915. The lowest BCUT2D eigenvalue weighted by atomic mass is 10.2. The van der Waals surface area contributed by atoms with Gasteiger partial charge in [0.2, 0.25) is 0 Å². The molecular weight excluding hydrogens is 250 g/mol. The third-order valence-corrected chi connectivity index (χ3v) is 4.10. The third-order valence-electron chi connectivity index (χ3n) is 3.16. The zero-order valence-corrected chi connectivity index (χ0v) is 10.6. The topological polar surface area (TPSA) is 58.4 Å². The Morgan fingerprint density at radius 2 is 2.39 bits per heavy atom. The number of carboxylic acids is 1. The molecule has 0 saturated heterocycles. The van der Waals surface area contributed by atoms with Crippen LogP contribution in [0.15, 0.2) is 23.8 Å². The summed E-state index contributed by atoms with van der Waals surface area (Å²) in [5, 5.41) is 10.9. The second kappa shape index (κ2) is 4.55. The van der Waals surface area contributed by atoms with Gasteiger partial charge in [0.05, 0.1) is 6.54 Å². The van der Waals surface area contributed by atoms with E-state index < -0.39 is 5.97 Å². The van der Waals surface area contributed by atoms with Gasteiger partial charge in [0.15, 0.2) is 0 Å². The van der Waals surface area contributed by atoms with Crippen LogP contribution in [0.2, 0.25) is 0 Å². The van der Waals surface area contributed by atoms with Crippen LogP contribution in [0.1, 0.15) is 21.1 Å². The van der Waals surface area contributed by atoms with Gasteiger partial charge in [0.25, 0.3) is 0 Å². The number of thiophene rings is 1. The summed E-state index contributed by atoms with van der Waals surface area (Å²) in [6.07, 6.45) is 3.80. The first kappa shape index (κ1) is 11.4. The molecule has 0 saturated carbocycles. The molecule has 5 nitrogen and oxygen atoms in total. The molecule has 94 valence electrons. The minimum Gasteiger partial charge on any atom is -0.477 e. The highest BCUT2D eigenvalue weighted by Gasteiger charge is 2.19. The Morgan fingerprint density at radius 3 is 3.22 bits per heavy atom. The molecule has 3 heterocycles. The zero-order valence-electron chi connectivity index (χ0n) is 9.74. The Kier molecular flexibility index (Phi) is 2.89. The van der Waals surface area contributed by atoms with Gasteiger partial charge in [0, 0.05) is 32.0 Å². The van der Waals surface area contributed by atoms with Gasteiger partial charge in [-0.05, 0) is 17.0 Å². The first-order valence-corrected chi connectivity index (χ1v) is 6.64. The highest BCUT2D eigenvalue weighted by Crippen LogP contribution is 2.20. The van der Waals surface area contributed by atoms with Crippen LogP contribution in [-0.4, -0.2) is 32.1 Å². The van der Waals surface area contributed by atoms with Crippen molar-refractivity contribution in [1.82, 2.24) is 14.5 Å². The Balaban J connectivity index is 1.75. The molecule has 1 aliphatic rings. The van der Waals surface area contributed by atoms with E-state index in [2.05, 4.69) is 14.5 Å². The molecule has 0 fully saturated rings. The lowest BCUT2D eigenvalue weighted by Gasteiger charge is -2.27. The van der Waals surface area contributed by atoms with Crippen molar-refractivity contribution in [3.05, 3.63) is 40.1 Å². The van der Waals surface area contributed by atoms with Crippen molar-refractivity contribution in [1.29, 1.82) is 0 Å². The van der Waals surface area contributed by atoms with E-state index in [4.69, 9.17) is 5.11 Å². The standard InChI is InChI=1S/C12H13N3O2S/c16-12(17)11-9(1-6-18-11)7-14-4-5-15-3-2-13-10(15)8-14/h1-3,6H,4-5,7-8H2,(H,16,17). The van der Waals surface area contributed by atoms with E-state index in [-0.39, 0.29) is 0 Å². The van der Waals surface area contributed by atoms with E-state index in [0.29, 0.717) is 11.4 Å². The fourth-order valence-corrected chi connectivity index (χ4v) is 3.00. The van der Waals surface area contributed by atoms with E-state index in [1.165, 1.54) is 11.3 Å². The number of hydrogen-bond donors (Lipinski definition) is 1. The van der Waals surface area contributed by atoms with E-state index in [0.717, 1.165) is 31.0 Å². The molecule has 0 atom stereocenters. The molecule has 0 aromatic carbocycles. The van der Waals surface area contributed by atoms with Gasteiger partial charge in [-0.1, -0.05) is 0 Å². The van der Waals surface area contributed by atoms with Crippen molar-refractivity contribution in [2.45, 2.75) is 19.6 Å². The summed E-state index contributed by atoms with van der Waals surface area (Å²) in [5.74, 6) is 0.215. The predicted octanol–water partition coefficient (Wildman–Crippen LogP) is 1.66. The van der Waals surface area contributed by atoms with Gasteiger partial charge in [-0.3, -0.25) is 4.90 Å². The minimum atomic E-state index is -0.835. The lowest BCUT2D eigenvalue weighted by molar-refractivity contribution is 0.0699. The maximum Gasteiger partial charge on any atom is 0.346 e. The molecule has 18 heavy (non-hydrogen) atoms. The second-order valence-corrected chi connectivity index (χ2v) is 5.24. The Hall–Kier alpha value is -1.66. The van der Waals surface area contributed by atoms with E-state index in [9.17, 15) is 4.79 Å². The first-order valence-electron chi connectivity index (χ1n) is 5.76. The molecule has 0 unspecified atom stereocenters. The average Bonchev–Trinajstić information content (AvgIpc) is 2.96. The SMILES string of the molecule is O=C(O)c1sccc1CN1CCn2ccnc2C1. The van der Waals surface area contributed by atoms with Crippen LogP contribution >= 0.6 is 11.3 Å². The fourth-order valence-electron chi connectivity index (χ4n) is 2.25. The first-order chi connectivity index (χ1) is 8.74. The molecule has 3 rings (SSSR count). The van der Waals surface area contributed by atoms with Gasteiger partial charge >= 0.3 is 5.97 Å². The Morgan fingerprint density at radius 1 is 1.50 bits per heavy atom. The third kappa shape index (κ3) is 2.04. The van der Waals surface area contributed by atoms with Gasteiger partial charge in [-0.25, -0.2) is 9.78 Å².